The molecule has 0 saturated carbocycles. The van der Waals surface area contributed by atoms with E-state index in [-0.39, 0.29) is 5.56 Å². The fraction of sp³-hybridized carbons (Fsp3) is 0.250. The van der Waals surface area contributed by atoms with Gasteiger partial charge in [0.15, 0.2) is 0 Å². The lowest BCUT2D eigenvalue weighted by molar-refractivity contribution is 0.601. The number of hydrogen-bond donors (Lipinski definition) is 1. The predicted molar refractivity (Wildman–Crippen MR) is 62.0 cm³/mol. The second-order valence-corrected chi connectivity index (χ2v) is 3.82. The first-order valence-electron chi connectivity index (χ1n) is 5.00. The minimum Gasteiger partial charge on any atom is -0.295 e. The molecule has 15 heavy (non-hydrogen) atoms. The molecule has 3 nitrogen and oxygen atoms in total. The fourth-order valence-electron chi connectivity index (χ4n) is 1.57. The molecule has 1 N–H and O–H groups in total. The van der Waals surface area contributed by atoms with Crippen molar-refractivity contribution in [2.75, 3.05) is 0 Å². The van der Waals surface area contributed by atoms with Crippen LogP contribution in [0.3, 0.4) is 0 Å². The zero-order valence-electron chi connectivity index (χ0n) is 8.79. The Balaban J connectivity index is 2.40. The zero-order chi connectivity index (χ0) is 10.8. The number of para-hydroxylation sites is 1. The van der Waals surface area contributed by atoms with Gasteiger partial charge in [-0.1, -0.05) is 17.7 Å². The SMILES string of the molecule is C=C(C)CCn1[nH]c2ccccc2c1=O. The second kappa shape index (κ2) is 3.77. The van der Waals surface area contributed by atoms with Gasteiger partial charge in [0.1, 0.15) is 0 Å². The molecule has 2 aromatic rings. The number of nitrogens with zero attached hydrogens (tertiary/aromatic N) is 1. The molecule has 2 rings (SSSR count). The van der Waals surface area contributed by atoms with Crippen LogP contribution in [0, 0.1) is 0 Å². The van der Waals surface area contributed by atoms with E-state index in [2.05, 4.69) is 11.7 Å². The van der Waals surface area contributed by atoms with E-state index in [1.165, 1.54) is 0 Å². The van der Waals surface area contributed by atoms with Crippen LogP contribution in [0.2, 0.25) is 0 Å². The summed E-state index contributed by atoms with van der Waals surface area (Å²) in [6.07, 6.45) is 0.826. The average molecular weight is 202 g/mol. The van der Waals surface area contributed by atoms with Gasteiger partial charge in [0.05, 0.1) is 10.9 Å². The van der Waals surface area contributed by atoms with Gasteiger partial charge in [0, 0.05) is 6.54 Å². The van der Waals surface area contributed by atoms with Crippen LogP contribution in [0.1, 0.15) is 13.3 Å². The van der Waals surface area contributed by atoms with Crippen molar-refractivity contribution in [3.8, 4) is 0 Å². The van der Waals surface area contributed by atoms with Gasteiger partial charge in [-0.25, -0.2) is 0 Å². The lowest BCUT2D eigenvalue weighted by Crippen LogP contribution is -2.16. The summed E-state index contributed by atoms with van der Waals surface area (Å²) in [7, 11) is 0. The van der Waals surface area contributed by atoms with Crippen LogP contribution in [0.15, 0.2) is 41.2 Å². The van der Waals surface area contributed by atoms with Crippen LogP contribution >= 0.6 is 0 Å². The van der Waals surface area contributed by atoms with Crippen LogP contribution in [-0.2, 0) is 6.54 Å². The Morgan fingerprint density at radius 2 is 2.20 bits per heavy atom. The van der Waals surface area contributed by atoms with Gasteiger partial charge in [-0.15, -0.1) is 6.58 Å². The molecule has 0 spiro atoms. The Bertz CT molecular complexity index is 548. The van der Waals surface area contributed by atoms with Crippen molar-refractivity contribution < 1.29 is 0 Å². The summed E-state index contributed by atoms with van der Waals surface area (Å²) in [5.41, 5.74) is 2.02. The average Bonchev–Trinajstić information content (AvgIpc) is 2.54. The Hall–Kier alpha value is -1.77. The molecule has 0 fully saturated rings. The van der Waals surface area contributed by atoms with E-state index in [0.29, 0.717) is 6.54 Å². The van der Waals surface area contributed by atoms with Gasteiger partial charge >= 0.3 is 0 Å². The van der Waals surface area contributed by atoms with Gasteiger partial charge < -0.3 is 0 Å². The molecule has 1 aromatic heterocycles. The van der Waals surface area contributed by atoms with Gasteiger partial charge in [-0.3, -0.25) is 14.6 Å². The number of fused-ring (bicyclic) bond motifs is 1. The van der Waals surface area contributed by atoms with Crippen molar-refractivity contribution in [1.29, 1.82) is 0 Å². The standard InChI is InChI=1S/C12H14N2O/c1-9(2)7-8-14-12(15)10-5-3-4-6-11(10)13-14/h3-6,13H,1,7-8H2,2H3. The summed E-state index contributed by atoms with van der Waals surface area (Å²) < 4.78 is 1.64. The van der Waals surface area contributed by atoms with E-state index in [1.807, 2.05) is 31.2 Å². The minimum atomic E-state index is 0.0480. The van der Waals surface area contributed by atoms with E-state index in [4.69, 9.17) is 0 Å². The van der Waals surface area contributed by atoms with Crippen LogP contribution in [0.5, 0.6) is 0 Å². The number of aromatic amines is 1. The number of benzene rings is 1. The molecule has 0 bridgehead atoms. The third-order valence-corrected chi connectivity index (χ3v) is 2.42. The number of hydrogen-bond acceptors (Lipinski definition) is 1. The maximum atomic E-state index is 11.8. The number of aryl methyl sites for hydroxylation is 1. The van der Waals surface area contributed by atoms with Crippen molar-refractivity contribution in [3.05, 3.63) is 46.8 Å². The normalized spacial score (nSPS) is 10.7. The van der Waals surface area contributed by atoms with E-state index in [0.717, 1.165) is 22.9 Å². The Morgan fingerprint density at radius 1 is 1.47 bits per heavy atom. The third kappa shape index (κ3) is 1.86. The molecule has 1 heterocycles. The van der Waals surface area contributed by atoms with Crippen molar-refractivity contribution in [2.24, 2.45) is 0 Å². The highest BCUT2D eigenvalue weighted by Gasteiger charge is 2.04. The Kier molecular flexibility index (Phi) is 2.46. The summed E-state index contributed by atoms with van der Waals surface area (Å²) in [4.78, 5) is 11.8. The summed E-state index contributed by atoms with van der Waals surface area (Å²) in [6.45, 7) is 6.46. The lowest BCUT2D eigenvalue weighted by Gasteiger charge is -1.99. The first kappa shape index (κ1) is 9.77. The zero-order valence-corrected chi connectivity index (χ0v) is 8.79. The molecule has 0 atom stereocenters. The summed E-state index contributed by atoms with van der Waals surface area (Å²) in [6, 6.07) is 7.54. The number of allylic oxidation sites excluding steroid dienone is 1. The quantitative estimate of drug-likeness (QED) is 0.762. The molecular weight excluding hydrogens is 188 g/mol. The first-order valence-corrected chi connectivity index (χ1v) is 5.00. The van der Waals surface area contributed by atoms with E-state index >= 15 is 0 Å². The highest BCUT2D eigenvalue weighted by molar-refractivity contribution is 5.77. The van der Waals surface area contributed by atoms with Gasteiger partial charge in [0.2, 0.25) is 0 Å². The lowest BCUT2D eigenvalue weighted by atomic mass is 10.2. The first-order chi connectivity index (χ1) is 7.18. The maximum Gasteiger partial charge on any atom is 0.274 e. The smallest absolute Gasteiger partial charge is 0.274 e. The van der Waals surface area contributed by atoms with Crippen LogP contribution in [-0.4, -0.2) is 9.78 Å². The van der Waals surface area contributed by atoms with Gasteiger partial charge in [-0.2, -0.15) is 0 Å². The summed E-state index contributed by atoms with van der Waals surface area (Å²) in [5.74, 6) is 0. The molecule has 0 radical (unpaired) electrons. The van der Waals surface area contributed by atoms with Crippen LogP contribution in [0.25, 0.3) is 10.9 Å². The largest absolute Gasteiger partial charge is 0.295 e. The molecular formula is C12H14N2O. The van der Waals surface area contributed by atoms with E-state index in [9.17, 15) is 4.79 Å². The number of rotatable bonds is 3. The third-order valence-electron chi connectivity index (χ3n) is 2.42. The molecule has 3 heteroatoms. The molecule has 1 aromatic carbocycles. The second-order valence-electron chi connectivity index (χ2n) is 3.82. The number of aromatic nitrogens is 2. The van der Waals surface area contributed by atoms with Crippen LogP contribution in [0.4, 0.5) is 0 Å². The van der Waals surface area contributed by atoms with Gasteiger partial charge in [-0.05, 0) is 25.5 Å². The maximum absolute atomic E-state index is 11.8. The van der Waals surface area contributed by atoms with Crippen molar-refractivity contribution in [2.45, 2.75) is 19.9 Å². The topological polar surface area (TPSA) is 37.8 Å². The monoisotopic (exact) mass is 202 g/mol. The molecule has 0 aliphatic carbocycles. The molecule has 0 aliphatic heterocycles. The Labute approximate surface area is 88.0 Å². The summed E-state index contributed by atoms with van der Waals surface area (Å²) in [5, 5.41) is 3.83. The fourth-order valence-corrected chi connectivity index (χ4v) is 1.57. The van der Waals surface area contributed by atoms with E-state index < -0.39 is 0 Å². The highest BCUT2D eigenvalue weighted by Crippen LogP contribution is 2.06. The minimum absolute atomic E-state index is 0.0480. The molecule has 0 unspecified atom stereocenters. The van der Waals surface area contributed by atoms with Crippen molar-refractivity contribution in [1.82, 2.24) is 9.78 Å². The molecule has 0 saturated heterocycles. The predicted octanol–water partition coefficient (Wildman–Crippen LogP) is 2.30. The molecule has 0 aliphatic rings. The van der Waals surface area contributed by atoms with E-state index in [1.54, 1.807) is 4.68 Å². The number of nitrogens with one attached hydrogen (secondary N) is 1. The molecule has 78 valence electrons. The van der Waals surface area contributed by atoms with Gasteiger partial charge in [0.25, 0.3) is 5.56 Å². The van der Waals surface area contributed by atoms with Crippen molar-refractivity contribution in [3.63, 3.8) is 0 Å². The summed E-state index contributed by atoms with van der Waals surface area (Å²) >= 11 is 0. The number of H-pyrrole nitrogens is 1. The highest BCUT2D eigenvalue weighted by atomic mass is 16.1. The molecule has 0 amide bonds. The van der Waals surface area contributed by atoms with Crippen LogP contribution < -0.4 is 5.56 Å². The Morgan fingerprint density at radius 3 is 2.87 bits per heavy atom. The van der Waals surface area contributed by atoms with Crippen molar-refractivity contribution >= 4 is 10.9 Å².